The van der Waals surface area contributed by atoms with Crippen molar-refractivity contribution >= 4 is 17.2 Å². The highest BCUT2D eigenvalue weighted by molar-refractivity contribution is 7.10. The number of hydrogen-bond acceptors (Lipinski definition) is 5. The molecule has 2 aromatic rings. The molecule has 118 valence electrons. The van der Waals surface area contributed by atoms with Gasteiger partial charge in [-0.05, 0) is 24.4 Å². The van der Waals surface area contributed by atoms with E-state index in [1.807, 2.05) is 13.0 Å². The minimum Gasteiger partial charge on any atom is -0.459 e. The summed E-state index contributed by atoms with van der Waals surface area (Å²) in [7, 11) is 0. The Balaban J connectivity index is 1.68. The lowest BCUT2D eigenvalue weighted by Crippen LogP contribution is -2.43. The van der Waals surface area contributed by atoms with Crippen LogP contribution in [-0.4, -0.2) is 43.7 Å². The Kier molecular flexibility index (Phi) is 4.92. The fourth-order valence-corrected chi connectivity index (χ4v) is 3.52. The van der Waals surface area contributed by atoms with Crippen molar-refractivity contribution in [1.29, 1.82) is 0 Å². The summed E-state index contributed by atoms with van der Waals surface area (Å²) in [5, 5.41) is 5.07. The van der Waals surface area contributed by atoms with E-state index in [1.54, 1.807) is 23.7 Å². The number of rotatable bonds is 5. The van der Waals surface area contributed by atoms with E-state index in [2.05, 4.69) is 21.7 Å². The van der Waals surface area contributed by atoms with Gasteiger partial charge < -0.3 is 14.5 Å². The third-order valence-corrected chi connectivity index (χ3v) is 4.86. The second kappa shape index (κ2) is 7.09. The van der Waals surface area contributed by atoms with Crippen LogP contribution in [0.3, 0.4) is 0 Å². The number of amides is 1. The predicted octanol–water partition coefficient (Wildman–Crippen LogP) is 2.45. The minimum atomic E-state index is -0.155. The lowest BCUT2D eigenvalue weighted by molar-refractivity contribution is 0.0168. The fraction of sp³-hybridized carbons (Fsp3) is 0.438. The first-order chi connectivity index (χ1) is 10.8. The summed E-state index contributed by atoms with van der Waals surface area (Å²) < 4.78 is 10.7. The maximum absolute atomic E-state index is 12.2. The zero-order valence-electron chi connectivity index (χ0n) is 12.6. The highest BCUT2D eigenvalue weighted by atomic mass is 32.1. The number of nitrogens with zero attached hydrogens (tertiary/aromatic N) is 1. The van der Waals surface area contributed by atoms with Gasteiger partial charge in [-0.15, -0.1) is 11.3 Å². The minimum absolute atomic E-state index is 0.155. The molecular formula is C16H20N2O3S. The molecule has 0 bridgehead atoms. The topological polar surface area (TPSA) is 54.7 Å². The van der Waals surface area contributed by atoms with E-state index in [4.69, 9.17) is 9.15 Å². The Morgan fingerprint density at radius 2 is 2.23 bits per heavy atom. The van der Waals surface area contributed by atoms with Gasteiger partial charge in [0.15, 0.2) is 5.76 Å². The van der Waals surface area contributed by atoms with Crippen molar-refractivity contribution in [2.75, 3.05) is 32.8 Å². The van der Waals surface area contributed by atoms with Crippen LogP contribution >= 0.6 is 11.3 Å². The number of nitrogens with one attached hydrogen (secondary N) is 1. The summed E-state index contributed by atoms with van der Waals surface area (Å²) in [6, 6.07) is 6.15. The molecule has 1 fully saturated rings. The average Bonchev–Trinajstić information content (AvgIpc) is 3.20. The van der Waals surface area contributed by atoms with Crippen LogP contribution in [0, 0.1) is 6.92 Å². The zero-order valence-corrected chi connectivity index (χ0v) is 13.4. The van der Waals surface area contributed by atoms with E-state index < -0.39 is 0 Å². The second-order valence-corrected chi connectivity index (χ2v) is 6.30. The number of carbonyl (C=O) groups is 1. The molecule has 1 aliphatic rings. The first-order valence-corrected chi connectivity index (χ1v) is 8.31. The van der Waals surface area contributed by atoms with Crippen LogP contribution in [-0.2, 0) is 4.74 Å². The summed E-state index contributed by atoms with van der Waals surface area (Å²) in [4.78, 5) is 15.9. The number of morpholine rings is 1. The Hall–Kier alpha value is -1.63. The van der Waals surface area contributed by atoms with Crippen molar-refractivity contribution in [1.82, 2.24) is 10.2 Å². The van der Waals surface area contributed by atoms with Gasteiger partial charge in [0.05, 0.1) is 25.5 Å². The SMILES string of the molecule is Cc1ccoc1C(=O)NCC(c1cccs1)N1CCOCC1. The third kappa shape index (κ3) is 3.40. The maximum Gasteiger partial charge on any atom is 0.287 e. The molecule has 6 heteroatoms. The highest BCUT2D eigenvalue weighted by Crippen LogP contribution is 2.25. The number of aryl methyl sites for hydroxylation is 1. The van der Waals surface area contributed by atoms with Crippen molar-refractivity contribution in [3.8, 4) is 0 Å². The first-order valence-electron chi connectivity index (χ1n) is 7.43. The number of hydrogen-bond donors (Lipinski definition) is 1. The third-order valence-electron chi connectivity index (χ3n) is 3.88. The molecule has 1 unspecified atom stereocenters. The van der Waals surface area contributed by atoms with Gasteiger partial charge in [-0.1, -0.05) is 6.07 Å². The summed E-state index contributed by atoms with van der Waals surface area (Å²) in [5.74, 6) is 0.240. The number of carbonyl (C=O) groups excluding carboxylic acids is 1. The molecule has 22 heavy (non-hydrogen) atoms. The van der Waals surface area contributed by atoms with E-state index in [-0.39, 0.29) is 11.9 Å². The van der Waals surface area contributed by atoms with Gasteiger partial charge in [-0.2, -0.15) is 0 Å². The lowest BCUT2D eigenvalue weighted by atomic mass is 10.2. The molecular weight excluding hydrogens is 300 g/mol. The summed E-state index contributed by atoms with van der Waals surface area (Å²) in [6.07, 6.45) is 1.54. The Morgan fingerprint density at radius 3 is 2.86 bits per heavy atom. The Morgan fingerprint density at radius 1 is 1.41 bits per heavy atom. The van der Waals surface area contributed by atoms with Crippen LogP contribution in [0.15, 0.2) is 34.3 Å². The van der Waals surface area contributed by atoms with Crippen LogP contribution in [0.2, 0.25) is 0 Å². The molecule has 1 N–H and O–H groups in total. The van der Waals surface area contributed by atoms with Crippen molar-refractivity contribution in [2.24, 2.45) is 0 Å². The van der Waals surface area contributed by atoms with Crippen molar-refractivity contribution in [2.45, 2.75) is 13.0 Å². The second-order valence-electron chi connectivity index (χ2n) is 5.32. The van der Waals surface area contributed by atoms with E-state index in [9.17, 15) is 4.79 Å². The molecule has 3 rings (SSSR count). The molecule has 1 atom stereocenters. The number of thiophene rings is 1. The van der Waals surface area contributed by atoms with Crippen LogP contribution in [0.1, 0.15) is 27.0 Å². The van der Waals surface area contributed by atoms with E-state index in [0.717, 1.165) is 31.9 Å². The smallest absolute Gasteiger partial charge is 0.287 e. The summed E-state index contributed by atoms with van der Waals surface area (Å²) in [5.41, 5.74) is 0.858. The van der Waals surface area contributed by atoms with Gasteiger partial charge in [-0.25, -0.2) is 0 Å². The van der Waals surface area contributed by atoms with Gasteiger partial charge in [0.1, 0.15) is 0 Å². The van der Waals surface area contributed by atoms with Gasteiger partial charge >= 0.3 is 0 Å². The van der Waals surface area contributed by atoms with Gasteiger partial charge in [0, 0.05) is 30.1 Å². The molecule has 3 heterocycles. The summed E-state index contributed by atoms with van der Waals surface area (Å²) in [6.45, 7) is 5.70. The molecule has 1 saturated heterocycles. The van der Waals surface area contributed by atoms with Crippen molar-refractivity contribution in [3.05, 3.63) is 46.0 Å². The molecule has 0 saturated carbocycles. The molecule has 0 aliphatic carbocycles. The monoisotopic (exact) mass is 320 g/mol. The van der Waals surface area contributed by atoms with Crippen LogP contribution in [0.4, 0.5) is 0 Å². The standard InChI is InChI=1S/C16H20N2O3S/c1-12-4-7-21-15(12)16(19)17-11-13(14-3-2-10-22-14)18-5-8-20-9-6-18/h2-4,7,10,13H,5-6,8-9,11H2,1H3,(H,17,19). The van der Waals surface area contributed by atoms with E-state index in [0.29, 0.717) is 12.3 Å². The molecule has 5 nitrogen and oxygen atoms in total. The molecule has 0 spiro atoms. The Labute approximate surface area is 133 Å². The van der Waals surface area contributed by atoms with Crippen molar-refractivity contribution < 1.29 is 13.9 Å². The van der Waals surface area contributed by atoms with Crippen LogP contribution < -0.4 is 5.32 Å². The molecule has 0 aromatic carbocycles. The largest absolute Gasteiger partial charge is 0.459 e. The van der Waals surface area contributed by atoms with Gasteiger partial charge in [0.2, 0.25) is 0 Å². The number of furan rings is 1. The normalized spacial score (nSPS) is 17.3. The molecule has 1 amide bonds. The highest BCUT2D eigenvalue weighted by Gasteiger charge is 2.24. The van der Waals surface area contributed by atoms with Gasteiger partial charge in [-0.3, -0.25) is 9.69 Å². The lowest BCUT2D eigenvalue weighted by Gasteiger charge is -2.34. The average molecular weight is 320 g/mol. The van der Waals surface area contributed by atoms with E-state index in [1.165, 1.54) is 4.88 Å². The quantitative estimate of drug-likeness (QED) is 0.919. The van der Waals surface area contributed by atoms with Gasteiger partial charge in [0.25, 0.3) is 5.91 Å². The number of ether oxygens (including phenoxy) is 1. The summed E-state index contributed by atoms with van der Waals surface area (Å²) >= 11 is 1.72. The van der Waals surface area contributed by atoms with E-state index >= 15 is 0 Å². The predicted molar refractivity (Wildman–Crippen MR) is 85.2 cm³/mol. The molecule has 1 aliphatic heterocycles. The Bertz CT molecular complexity index is 603. The van der Waals surface area contributed by atoms with Crippen molar-refractivity contribution in [3.63, 3.8) is 0 Å². The maximum atomic E-state index is 12.2. The van der Waals surface area contributed by atoms with Crippen LogP contribution in [0.5, 0.6) is 0 Å². The fourth-order valence-electron chi connectivity index (χ4n) is 2.65. The van der Waals surface area contributed by atoms with Crippen LogP contribution in [0.25, 0.3) is 0 Å². The molecule has 2 aromatic heterocycles. The molecule has 0 radical (unpaired) electrons. The first kappa shape index (κ1) is 15.3. The zero-order chi connectivity index (χ0) is 15.4.